The number of hydrogen-bond acceptors (Lipinski definition) is 3. The monoisotopic (exact) mass is 300 g/mol. The van der Waals surface area contributed by atoms with Gasteiger partial charge in [0, 0.05) is 10.6 Å². The van der Waals surface area contributed by atoms with Crippen molar-refractivity contribution in [3.63, 3.8) is 0 Å². The fourth-order valence-electron chi connectivity index (χ4n) is 2.13. The summed E-state index contributed by atoms with van der Waals surface area (Å²) in [5.41, 5.74) is 3.02. The van der Waals surface area contributed by atoms with E-state index in [0.717, 1.165) is 16.6 Å². The van der Waals surface area contributed by atoms with E-state index in [1.54, 1.807) is 25.1 Å². The van der Waals surface area contributed by atoms with Crippen molar-refractivity contribution < 1.29 is 9.53 Å². The van der Waals surface area contributed by atoms with E-state index in [-0.39, 0.29) is 5.97 Å². The first-order valence-corrected chi connectivity index (χ1v) is 6.98. The molecule has 0 unspecified atom stereocenters. The number of esters is 1. The molecule has 1 heterocycles. The number of rotatable bonds is 3. The molecular weight excluding hydrogens is 288 g/mol. The van der Waals surface area contributed by atoms with Crippen molar-refractivity contribution in [2.45, 2.75) is 6.92 Å². The topological polar surface area (TPSA) is 55.0 Å². The highest BCUT2D eigenvalue weighted by Crippen LogP contribution is 2.23. The molecule has 0 aliphatic rings. The summed E-state index contributed by atoms with van der Waals surface area (Å²) in [5, 5.41) is 0.651. The lowest BCUT2D eigenvalue weighted by molar-refractivity contribution is 0.0526. The van der Waals surface area contributed by atoms with Crippen LogP contribution in [0.25, 0.3) is 22.4 Å². The number of halogens is 1. The first-order chi connectivity index (χ1) is 10.2. The summed E-state index contributed by atoms with van der Waals surface area (Å²) >= 11 is 5.97. The molecule has 4 nitrogen and oxygen atoms in total. The molecule has 0 amide bonds. The summed E-state index contributed by atoms with van der Waals surface area (Å²) in [6.07, 6.45) is 0. The number of ether oxygens (including phenoxy) is 1. The Balaban J connectivity index is 2.02. The second-order valence-electron chi connectivity index (χ2n) is 4.55. The third-order valence-corrected chi connectivity index (χ3v) is 3.33. The van der Waals surface area contributed by atoms with Crippen LogP contribution in [-0.4, -0.2) is 22.5 Å². The van der Waals surface area contributed by atoms with Gasteiger partial charge in [0.25, 0.3) is 0 Å². The quantitative estimate of drug-likeness (QED) is 0.742. The van der Waals surface area contributed by atoms with Gasteiger partial charge in [0.1, 0.15) is 5.82 Å². The van der Waals surface area contributed by atoms with Crippen LogP contribution < -0.4 is 0 Å². The van der Waals surface area contributed by atoms with Crippen LogP contribution >= 0.6 is 11.6 Å². The molecule has 0 atom stereocenters. The molecule has 3 rings (SSSR count). The molecule has 0 aliphatic carbocycles. The van der Waals surface area contributed by atoms with Crippen LogP contribution in [0, 0.1) is 0 Å². The van der Waals surface area contributed by atoms with E-state index in [0.29, 0.717) is 23.0 Å². The normalized spacial score (nSPS) is 10.8. The lowest BCUT2D eigenvalue weighted by atomic mass is 10.1. The number of hydrogen-bond donors (Lipinski definition) is 1. The predicted molar refractivity (Wildman–Crippen MR) is 82.5 cm³/mol. The lowest BCUT2D eigenvalue weighted by Crippen LogP contribution is -2.04. The van der Waals surface area contributed by atoms with E-state index in [4.69, 9.17) is 16.3 Å². The Morgan fingerprint density at radius 3 is 2.95 bits per heavy atom. The largest absolute Gasteiger partial charge is 0.462 e. The number of nitrogens with one attached hydrogen (secondary N) is 1. The number of fused-ring (bicyclic) bond motifs is 1. The highest BCUT2D eigenvalue weighted by atomic mass is 35.5. The molecule has 1 aromatic heterocycles. The minimum Gasteiger partial charge on any atom is -0.462 e. The lowest BCUT2D eigenvalue weighted by Gasteiger charge is -2.03. The number of nitrogens with zero attached hydrogens (tertiary/aromatic N) is 1. The molecule has 0 fully saturated rings. The number of benzene rings is 2. The first-order valence-electron chi connectivity index (χ1n) is 6.60. The summed E-state index contributed by atoms with van der Waals surface area (Å²) in [6, 6.07) is 12.7. The maximum absolute atomic E-state index is 11.8. The molecule has 0 radical (unpaired) electrons. The second kappa shape index (κ2) is 5.58. The third-order valence-electron chi connectivity index (χ3n) is 3.09. The second-order valence-corrected chi connectivity index (χ2v) is 4.98. The van der Waals surface area contributed by atoms with Crippen LogP contribution in [-0.2, 0) is 4.74 Å². The van der Waals surface area contributed by atoms with Crippen LogP contribution in [0.3, 0.4) is 0 Å². The standard InChI is InChI=1S/C16H13ClN2O2/c1-2-21-16(20)11-5-3-4-10(8-11)15-18-13-7-6-12(17)9-14(13)19-15/h3-9H,2H2,1H3,(H,18,19). The van der Waals surface area contributed by atoms with Crippen molar-refractivity contribution in [3.8, 4) is 11.4 Å². The molecule has 5 heteroatoms. The van der Waals surface area contributed by atoms with E-state index >= 15 is 0 Å². The van der Waals surface area contributed by atoms with Crippen molar-refractivity contribution >= 4 is 28.6 Å². The van der Waals surface area contributed by atoms with Crippen LogP contribution in [0.5, 0.6) is 0 Å². The van der Waals surface area contributed by atoms with Gasteiger partial charge in [0.15, 0.2) is 0 Å². The summed E-state index contributed by atoms with van der Waals surface area (Å²) < 4.78 is 5.01. The van der Waals surface area contributed by atoms with Crippen LogP contribution in [0.2, 0.25) is 5.02 Å². The zero-order chi connectivity index (χ0) is 14.8. The van der Waals surface area contributed by atoms with Gasteiger partial charge in [-0.25, -0.2) is 9.78 Å². The molecule has 2 aromatic carbocycles. The van der Waals surface area contributed by atoms with Crippen LogP contribution in [0.15, 0.2) is 42.5 Å². The maximum atomic E-state index is 11.8. The number of carbonyl (C=O) groups is 1. The fraction of sp³-hybridized carbons (Fsp3) is 0.125. The van der Waals surface area contributed by atoms with Gasteiger partial charge in [-0.05, 0) is 37.3 Å². The number of aromatic nitrogens is 2. The van der Waals surface area contributed by atoms with Gasteiger partial charge in [-0.3, -0.25) is 0 Å². The summed E-state index contributed by atoms with van der Waals surface area (Å²) in [7, 11) is 0. The Hall–Kier alpha value is -2.33. The van der Waals surface area contributed by atoms with Crippen molar-refractivity contribution in [2.24, 2.45) is 0 Å². The van der Waals surface area contributed by atoms with Gasteiger partial charge in [-0.15, -0.1) is 0 Å². The zero-order valence-electron chi connectivity index (χ0n) is 11.4. The predicted octanol–water partition coefficient (Wildman–Crippen LogP) is 4.06. The number of imidazole rings is 1. The SMILES string of the molecule is CCOC(=O)c1cccc(-c2nc3ccc(Cl)cc3[nH]2)c1. The van der Waals surface area contributed by atoms with E-state index < -0.39 is 0 Å². The van der Waals surface area contributed by atoms with E-state index in [9.17, 15) is 4.79 Å². The Bertz CT molecular complexity index is 811. The molecular formula is C16H13ClN2O2. The van der Waals surface area contributed by atoms with E-state index in [2.05, 4.69) is 9.97 Å². The molecule has 1 N–H and O–H groups in total. The molecule has 0 aliphatic heterocycles. The van der Waals surface area contributed by atoms with Gasteiger partial charge in [-0.2, -0.15) is 0 Å². The van der Waals surface area contributed by atoms with Crippen molar-refractivity contribution in [2.75, 3.05) is 6.61 Å². The highest BCUT2D eigenvalue weighted by Gasteiger charge is 2.10. The fourth-order valence-corrected chi connectivity index (χ4v) is 2.30. The van der Waals surface area contributed by atoms with Crippen molar-refractivity contribution in [1.82, 2.24) is 9.97 Å². The first kappa shape index (κ1) is 13.6. The Kier molecular flexibility index (Phi) is 3.62. The number of aromatic amines is 1. The smallest absolute Gasteiger partial charge is 0.338 e. The van der Waals surface area contributed by atoms with Gasteiger partial charge < -0.3 is 9.72 Å². The molecule has 21 heavy (non-hydrogen) atoms. The summed E-state index contributed by atoms with van der Waals surface area (Å²) in [4.78, 5) is 19.5. The average molecular weight is 301 g/mol. The van der Waals surface area contributed by atoms with Gasteiger partial charge >= 0.3 is 5.97 Å². The van der Waals surface area contributed by atoms with Crippen molar-refractivity contribution in [1.29, 1.82) is 0 Å². The van der Waals surface area contributed by atoms with Crippen LogP contribution in [0.1, 0.15) is 17.3 Å². The van der Waals surface area contributed by atoms with Crippen LogP contribution in [0.4, 0.5) is 0 Å². The van der Waals surface area contributed by atoms with E-state index in [1.807, 2.05) is 24.3 Å². The molecule has 0 saturated heterocycles. The Labute approximate surface area is 126 Å². The van der Waals surface area contributed by atoms with Gasteiger partial charge in [0.05, 0.1) is 23.2 Å². The Morgan fingerprint density at radius 2 is 2.14 bits per heavy atom. The average Bonchev–Trinajstić information content (AvgIpc) is 2.90. The molecule has 0 bridgehead atoms. The summed E-state index contributed by atoms with van der Waals surface area (Å²) in [5.74, 6) is 0.358. The minimum atomic E-state index is -0.335. The van der Waals surface area contributed by atoms with Gasteiger partial charge in [-0.1, -0.05) is 23.7 Å². The molecule has 106 valence electrons. The highest BCUT2D eigenvalue weighted by molar-refractivity contribution is 6.31. The summed E-state index contributed by atoms with van der Waals surface area (Å²) in [6.45, 7) is 2.14. The molecule has 3 aromatic rings. The molecule has 0 saturated carbocycles. The minimum absolute atomic E-state index is 0.335. The third kappa shape index (κ3) is 2.76. The molecule has 0 spiro atoms. The van der Waals surface area contributed by atoms with E-state index in [1.165, 1.54) is 0 Å². The zero-order valence-corrected chi connectivity index (χ0v) is 12.1. The Morgan fingerprint density at radius 1 is 1.29 bits per heavy atom. The van der Waals surface area contributed by atoms with Gasteiger partial charge in [0.2, 0.25) is 0 Å². The van der Waals surface area contributed by atoms with Crippen molar-refractivity contribution in [3.05, 3.63) is 53.1 Å². The number of carbonyl (C=O) groups excluding carboxylic acids is 1. The number of H-pyrrole nitrogens is 1. The maximum Gasteiger partial charge on any atom is 0.338 e.